The van der Waals surface area contributed by atoms with Crippen molar-refractivity contribution in [1.29, 1.82) is 0 Å². The van der Waals surface area contributed by atoms with Gasteiger partial charge in [0.05, 0.1) is 12.0 Å². The van der Waals surface area contributed by atoms with Gasteiger partial charge in [-0.2, -0.15) is 4.98 Å². The highest BCUT2D eigenvalue weighted by molar-refractivity contribution is 5.99. The average Bonchev–Trinajstić information content (AvgIpc) is 3.36. The number of nitrogens with zero attached hydrogens (tertiary/aromatic N) is 3. The number of hydrogen-bond acceptors (Lipinski definition) is 8. The van der Waals surface area contributed by atoms with E-state index in [1.54, 1.807) is 42.5 Å². The van der Waals surface area contributed by atoms with Gasteiger partial charge in [0.15, 0.2) is 0 Å². The monoisotopic (exact) mass is 502 g/mol. The van der Waals surface area contributed by atoms with Gasteiger partial charge in [0.25, 0.3) is 5.88 Å². The van der Waals surface area contributed by atoms with Crippen LogP contribution in [-0.4, -0.2) is 47.0 Å². The van der Waals surface area contributed by atoms with Crippen molar-refractivity contribution in [3.05, 3.63) is 73.3 Å². The molecule has 0 radical (unpaired) electrons. The van der Waals surface area contributed by atoms with Crippen LogP contribution in [0.25, 0.3) is 11.1 Å². The zero-order valence-electron chi connectivity index (χ0n) is 20.3. The Morgan fingerprint density at radius 3 is 2.78 bits per heavy atom. The number of carbonyl (C=O) groups excluding carboxylic acids is 1. The fourth-order valence-corrected chi connectivity index (χ4v) is 4.12. The number of nitrogens with one attached hydrogen (secondary N) is 3. The molecule has 0 atom stereocenters. The van der Waals surface area contributed by atoms with E-state index in [4.69, 9.17) is 9.15 Å². The minimum absolute atomic E-state index is 0.172. The van der Waals surface area contributed by atoms with Crippen LogP contribution in [0.1, 0.15) is 12.8 Å². The Labute approximate surface area is 213 Å². The third-order valence-electron chi connectivity index (χ3n) is 6.08. The van der Waals surface area contributed by atoms with Gasteiger partial charge in [-0.3, -0.25) is 4.79 Å². The van der Waals surface area contributed by atoms with Crippen LogP contribution in [0, 0.1) is 5.82 Å². The van der Waals surface area contributed by atoms with Crippen LogP contribution in [0.2, 0.25) is 0 Å². The number of ether oxygens (including phenoxy) is 1. The lowest BCUT2D eigenvalue weighted by Crippen LogP contribution is -2.36. The Hall–Kier alpha value is -4.44. The van der Waals surface area contributed by atoms with Gasteiger partial charge in [0, 0.05) is 29.5 Å². The molecule has 2 aromatic carbocycles. The Morgan fingerprint density at radius 1 is 1.16 bits per heavy atom. The van der Waals surface area contributed by atoms with Gasteiger partial charge < -0.3 is 30.0 Å². The second-order valence-electron chi connectivity index (χ2n) is 8.85. The number of carbonyl (C=O) groups is 1. The molecule has 4 aromatic rings. The average molecular weight is 503 g/mol. The van der Waals surface area contributed by atoms with Gasteiger partial charge >= 0.3 is 0 Å². The number of aromatic nitrogens is 2. The second-order valence-corrected chi connectivity index (χ2v) is 8.85. The molecular formula is C27H27FN6O3. The Bertz CT molecular complexity index is 1430. The summed E-state index contributed by atoms with van der Waals surface area (Å²) < 4.78 is 26.4. The van der Waals surface area contributed by atoms with Crippen molar-refractivity contribution in [1.82, 2.24) is 14.9 Å². The summed E-state index contributed by atoms with van der Waals surface area (Å²) in [5, 5.41) is 9.04. The molecule has 37 heavy (non-hydrogen) atoms. The molecule has 3 heterocycles. The summed E-state index contributed by atoms with van der Waals surface area (Å²) in [5.41, 5.74) is 2.38. The molecule has 0 spiro atoms. The summed E-state index contributed by atoms with van der Waals surface area (Å²) >= 11 is 0. The molecular weight excluding hydrogens is 475 g/mol. The molecule has 5 rings (SSSR count). The number of amides is 1. The number of fused-ring (bicyclic) bond motifs is 1. The van der Waals surface area contributed by atoms with Crippen LogP contribution >= 0.6 is 0 Å². The van der Waals surface area contributed by atoms with Gasteiger partial charge in [-0.15, -0.1) is 0 Å². The molecule has 1 fully saturated rings. The quantitative estimate of drug-likeness (QED) is 0.270. The first-order chi connectivity index (χ1) is 18.0. The first kappa shape index (κ1) is 24.3. The van der Waals surface area contributed by atoms with Crippen molar-refractivity contribution >= 4 is 40.0 Å². The first-order valence-corrected chi connectivity index (χ1v) is 11.9. The SMILES string of the molecule is C=CC(=O)Nc1cccc(Oc2nc(Nc3ccc(NC4CCN(C)CC4)c(F)c3)nc3ccoc23)c1. The molecule has 1 saturated heterocycles. The van der Waals surface area contributed by atoms with Crippen molar-refractivity contribution in [3.63, 3.8) is 0 Å². The normalized spacial score (nSPS) is 14.3. The van der Waals surface area contributed by atoms with Crippen molar-refractivity contribution in [2.24, 2.45) is 0 Å². The summed E-state index contributed by atoms with van der Waals surface area (Å²) in [7, 11) is 2.09. The minimum Gasteiger partial charge on any atom is -0.457 e. The number of piperidine rings is 1. The molecule has 2 aromatic heterocycles. The number of benzene rings is 2. The summed E-state index contributed by atoms with van der Waals surface area (Å²) in [6, 6.07) is 13.7. The maximum absolute atomic E-state index is 14.9. The lowest BCUT2D eigenvalue weighted by molar-refractivity contribution is -0.111. The van der Waals surface area contributed by atoms with Gasteiger partial charge in [0.1, 0.15) is 17.1 Å². The van der Waals surface area contributed by atoms with E-state index in [1.165, 1.54) is 18.4 Å². The lowest BCUT2D eigenvalue weighted by Gasteiger charge is -2.30. The predicted molar refractivity (Wildman–Crippen MR) is 141 cm³/mol. The third kappa shape index (κ3) is 5.87. The van der Waals surface area contributed by atoms with Crippen LogP contribution in [0.5, 0.6) is 11.6 Å². The van der Waals surface area contributed by atoms with E-state index in [0.717, 1.165) is 25.9 Å². The van der Waals surface area contributed by atoms with E-state index >= 15 is 0 Å². The highest BCUT2D eigenvalue weighted by Gasteiger charge is 2.18. The Balaban J connectivity index is 1.33. The van der Waals surface area contributed by atoms with Crippen molar-refractivity contribution < 1.29 is 18.3 Å². The number of hydrogen-bond donors (Lipinski definition) is 3. The number of anilines is 4. The van der Waals surface area contributed by atoms with E-state index < -0.39 is 0 Å². The third-order valence-corrected chi connectivity index (χ3v) is 6.08. The number of rotatable bonds is 8. The van der Waals surface area contributed by atoms with E-state index in [1.807, 2.05) is 0 Å². The Kier molecular flexibility index (Phi) is 7.00. The smallest absolute Gasteiger partial charge is 0.268 e. The zero-order valence-corrected chi connectivity index (χ0v) is 20.3. The van der Waals surface area contributed by atoms with E-state index in [0.29, 0.717) is 33.9 Å². The fourth-order valence-electron chi connectivity index (χ4n) is 4.12. The molecule has 0 saturated carbocycles. The maximum atomic E-state index is 14.9. The van der Waals surface area contributed by atoms with Crippen LogP contribution < -0.4 is 20.7 Å². The van der Waals surface area contributed by atoms with E-state index in [-0.39, 0.29) is 29.6 Å². The number of likely N-dealkylation sites (tertiary alicyclic amines) is 1. The minimum atomic E-state index is -0.358. The highest BCUT2D eigenvalue weighted by atomic mass is 19.1. The van der Waals surface area contributed by atoms with E-state index in [9.17, 15) is 9.18 Å². The Morgan fingerprint density at radius 2 is 2.00 bits per heavy atom. The summed E-state index contributed by atoms with van der Waals surface area (Å²) in [5.74, 6) is 0.128. The second kappa shape index (κ2) is 10.7. The molecule has 190 valence electrons. The predicted octanol–water partition coefficient (Wildman–Crippen LogP) is 5.53. The number of furan rings is 1. The molecule has 3 N–H and O–H groups in total. The van der Waals surface area contributed by atoms with Crippen LogP contribution in [0.3, 0.4) is 0 Å². The standard InChI is InChI=1S/C27H27FN6O3/c1-3-24(35)30-18-5-4-6-20(15-18)37-26-25-23(11-14-36-25)32-27(33-26)31-19-7-8-22(21(28)16-19)29-17-9-12-34(2)13-10-17/h3-8,11,14-17,29H,1,9-10,12-13H2,2H3,(H,30,35)(H,31,32,33). The molecule has 0 aliphatic carbocycles. The molecule has 0 unspecified atom stereocenters. The van der Waals surface area contributed by atoms with Gasteiger partial charge in [-0.05, 0) is 69.4 Å². The van der Waals surface area contributed by atoms with Crippen LogP contribution in [-0.2, 0) is 4.79 Å². The summed E-state index contributed by atoms with van der Waals surface area (Å²) in [4.78, 5) is 22.8. The van der Waals surface area contributed by atoms with E-state index in [2.05, 4.69) is 44.4 Å². The summed E-state index contributed by atoms with van der Waals surface area (Å²) in [6.45, 7) is 5.43. The molecule has 10 heteroatoms. The van der Waals surface area contributed by atoms with Gasteiger partial charge in [-0.1, -0.05) is 12.6 Å². The molecule has 1 aliphatic rings. The van der Waals surface area contributed by atoms with Gasteiger partial charge in [-0.25, -0.2) is 9.37 Å². The molecule has 1 aliphatic heterocycles. The first-order valence-electron chi connectivity index (χ1n) is 11.9. The fraction of sp³-hybridized carbons (Fsp3) is 0.222. The maximum Gasteiger partial charge on any atom is 0.268 e. The highest BCUT2D eigenvalue weighted by Crippen LogP contribution is 2.31. The van der Waals surface area contributed by atoms with Gasteiger partial charge in [0.2, 0.25) is 17.4 Å². The largest absolute Gasteiger partial charge is 0.457 e. The van der Waals surface area contributed by atoms with Crippen LogP contribution in [0.15, 0.2) is 71.9 Å². The zero-order chi connectivity index (χ0) is 25.8. The molecule has 0 bridgehead atoms. The lowest BCUT2D eigenvalue weighted by atomic mass is 10.1. The number of halogens is 1. The molecule has 1 amide bonds. The van der Waals surface area contributed by atoms with Crippen molar-refractivity contribution in [2.75, 3.05) is 36.1 Å². The van der Waals surface area contributed by atoms with Crippen molar-refractivity contribution in [2.45, 2.75) is 18.9 Å². The molecule has 9 nitrogen and oxygen atoms in total. The van der Waals surface area contributed by atoms with Crippen molar-refractivity contribution in [3.8, 4) is 11.6 Å². The topological polar surface area (TPSA) is 105 Å². The van der Waals surface area contributed by atoms with Crippen LogP contribution in [0.4, 0.5) is 27.4 Å². The summed E-state index contributed by atoms with van der Waals surface area (Å²) in [6.07, 6.45) is 4.62.